The number of benzene rings is 1. The van der Waals surface area contributed by atoms with Crippen LogP contribution in [0.3, 0.4) is 0 Å². The molecule has 0 saturated carbocycles. The van der Waals surface area contributed by atoms with Crippen molar-refractivity contribution in [2.24, 2.45) is 0 Å². The molecule has 118 valence electrons. The van der Waals surface area contributed by atoms with Crippen LogP contribution in [0.4, 0.5) is 0 Å². The summed E-state index contributed by atoms with van der Waals surface area (Å²) in [6, 6.07) is 5.97. The Morgan fingerprint density at radius 1 is 1.24 bits per heavy atom. The Kier molecular flexibility index (Phi) is 5.58. The predicted molar refractivity (Wildman–Crippen MR) is 80.5 cm³/mol. The molecule has 21 heavy (non-hydrogen) atoms. The van der Waals surface area contributed by atoms with Gasteiger partial charge in [-0.05, 0) is 11.6 Å². The fourth-order valence-corrected chi connectivity index (χ4v) is 2.49. The van der Waals surface area contributed by atoms with E-state index >= 15 is 0 Å². The van der Waals surface area contributed by atoms with E-state index in [-0.39, 0.29) is 6.61 Å². The van der Waals surface area contributed by atoms with Gasteiger partial charge in [0.15, 0.2) is 0 Å². The Morgan fingerprint density at radius 3 is 2.67 bits per heavy atom. The summed E-state index contributed by atoms with van der Waals surface area (Å²) in [4.78, 5) is 0. The Hall–Kier alpha value is -1.14. The number of fused-ring (bicyclic) bond motifs is 1. The van der Waals surface area contributed by atoms with Gasteiger partial charge in [0, 0.05) is 31.0 Å². The lowest BCUT2D eigenvalue weighted by molar-refractivity contribution is 0.0132. The molecule has 0 saturated heterocycles. The largest absolute Gasteiger partial charge is 0.491 e. The van der Waals surface area contributed by atoms with E-state index in [2.05, 4.69) is 5.32 Å². The molecule has 0 amide bonds. The van der Waals surface area contributed by atoms with Crippen LogP contribution in [0.5, 0.6) is 5.75 Å². The average molecular weight is 295 g/mol. The molecule has 5 nitrogen and oxygen atoms in total. The van der Waals surface area contributed by atoms with Gasteiger partial charge >= 0.3 is 0 Å². The quantitative estimate of drug-likeness (QED) is 0.605. The summed E-state index contributed by atoms with van der Waals surface area (Å²) in [7, 11) is 0. The van der Waals surface area contributed by atoms with Gasteiger partial charge in [-0.1, -0.05) is 26.0 Å². The van der Waals surface area contributed by atoms with Crippen LogP contribution in [0.1, 0.15) is 25.0 Å². The van der Waals surface area contributed by atoms with Crippen molar-refractivity contribution < 1.29 is 20.1 Å². The summed E-state index contributed by atoms with van der Waals surface area (Å²) in [6.45, 7) is 4.73. The van der Waals surface area contributed by atoms with E-state index in [4.69, 9.17) is 4.74 Å². The first kappa shape index (κ1) is 16.2. The van der Waals surface area contributed by atoms with Crippen molar-refractivity contribution in [2.75, 3.05) is 13.2 Å². The Labute approximate surface area is 125 Å². The van der Waals surface area contributed by atoms with Crippen molar-refractivity contribution in [3.05, 3.63) is 29.3 Å². The van der Waals surface area contributed by atoms with E-state index in [1.54, 1.807) is 0 Å². The maximum absolute atomic E-state index is 9.88. The van der Waals surface area contributed by atoms with E-state index < -0.39 is 18.3 Å². The molecule has 0 spiro atoms. The van der Waals surface area contributed by atoms with Crippen LogP contribution < -0.4 is 10.1 Å². The minimum atomic E-state index is -0.755. The molecule has 0 bridgehead atoms. The maximum atomic E-state index is 9.88. The number of ether oxygens (including phenoxy) is 1. The molecule has 3 atom stereocenters. The van der Waals surface area contributed by atoms with Crippen molar-refractivity contribution in [3.8, 4) is 5.75 Å². The van der Waals surface area contributed by atoms with Crippen LogP contribution in [0.15, 0.2) is 18.2 Å². The number of aliphatic hydroxyl groups is 3. The first-order valence-electron chi connectivity index (χ1n) is 7.48. The number of nitrogens with one attached hydrogen (secondary N) is 1. The molecular weight excluding hydrogens is 270 g/mol. The summed E-state index contributed by atoms with van der Waals surface area (Å²) in [6.07, 6.45) is -1.23. The summed E-state index contributed by atoms with van der Waals surface area (Å²) < 4.78 is 5.70. The van der Waals surface area contributed by atoms with E-state index in [0.717, 1.165) is 11.1 Å². The highest BCUT2D eigenvalue weighted by Crippen LogP contribution is 2.30. The molecule has 0 aliphatic heterocycles. The highest BCUT2D eigenvalue weighted by molar-refractivity contribution is 5.43. The van der Waals surface area contributed by atoms with Crippen molar-refractivity contribution in [2.45, 2.75) is 51.0 Å². The minimum Gasteiger partial charge on any atom is -0.491 e. The third kappa shape index (κ3) is 4.41. The molecule has 1 unspecified atom stereocenters. The number of hydrogen-bond donors (Lipinski definition) is 4. The Balaban J connectivity index is 1.97. The van der Waals surface area contributed by atoms with Crippen molar-refractivity contribution >= 4 is 0 Å². The third-order valence-electron chi connectivity index (χ3n) is 3.71. The van der Waals surface area contributed by atoms with Crippen molar-refractivity contribution in [1.29, 1.82) is 0 Å². The standard InChI is InChI=1S/C16H25NO4/c1-10(2)17-8-12(18)9-21-16-5-3-4-11-6-14(19)15(20)7-13(11)16/h3-5,10,12,14-15,17-20H,6-9H2,1-2H3/t12?,14-,15-/m1/s1. The van der Waals surface area contributed by atoms with Gasteiger partial charge in [-0.2, -0.15) is 0 Å². The zero-order valence-corrected chi connectivity index (χ0v) is 12.6. The summed E-state index contributed by atoms with van der Waals surface area (Å²) in [5, 5.41) is 32.6. The van der Waals surface area contributed by atoms with Gasteiger partial charge in [-0.25, -0.2) is 0 Å². The molecule has 1 aromatic rings. The van der Waals surface area contributed by atoms with Crippen LogP contribution in [0, 0.1) is 0 Å². The van der Waals surface area contributed by atoms with E-state index in [0.29, 0.717) is 31.2 Å². The lowest BCUT2D eigenvalue weighted by Crippen LogP contribution is -2.36. The van der Waals surface area contributed by atoms with Crippen molar-refractivity contribution in [3.63, 3.8) is 0 Å². The lowest BCUT2D eigenvalue weighted by Gasteiger charge is -2.27. The normalized spacial score (nSPS) is 23.0. The topological polar surface area (TPSA) is 82.0 Å². The van der Waals surface area contributed by atoms with Gasteiger partial charge in [0.05, 0.1) is 12.2 Å². The maximum Gasteiger partial charge on any atom is 0.123 e. The molecule has 1 aliphatic rings. The van der Waals surface area contributed by atoms with Crippen LogP contribution in [0.25, 0.3) is 0 Å². The molecular formula is C16H25NO4. The molecule has 2 rings (SSSR count). The van der Waals surface area contributed by atoms with Gasteiger partial charge in [-0.3, -0.25) is 0 Å². The van der Waals surface area contributed by atoms with E-state index in [1.165, 1.54) is 0 Å². The first-order chi connectivity index (χ1) is 9.97. The highest BCUT2D eigenvalue weighted by atomic mass is 16.5. The second-order valence-electron chi connectivity index (χ2n) is 5.96. The van der Waals surface area contributed by atoms with Gasteiger partial charge in [0.2, 0.25) is 0 Å². The van der Waals surface area contributed by atoms with Crippen LogP contribution in [-0.2, 0) is 12.8 Å². The fourth-order valence-electron chi connectivity index (χ4n) is 2.49. The monoisotopic (exact) mass is 295 g/mol. The number of rotatable bonds is 6. The number of hydrogen-bond acceptors (Lipinski definition) is 5. The summed E-state index contributed by atoms with van der Waals surface area (Å²) in [5.41, 5.74) is 1.93. The third-order valence-corrected chi connectivity index (χ3v) is 3.71. The molecule has 0 fully saturated rings. The molecule has 4 N–H and O–H groups in total. The van der Waals surface area contributed by atoms with Gasteiger partial charge in [-0.15, -0.1) is 0 Å². The van der Waals surface area contributed by atoms with Crippen molar-refractivity contribution in [1.82, 2.24) is 5.32 Å². The van der Waals surface area contributed by atoms with Crippen LogP contribution >= 0.6 is 0 Å². The lowest BCUT2D eigenvalue weighted by atomic mass is 9.87. The van der Waals surface area contributed by atoms with E-state index in [1.807, 2.05) is 32.0 Å². The number of aliphatic hydroxyl groups excluding tert-OH is 3. The average Bonchev–Trinajstić information content (AvgIpc) is 2.44. The van der Waals surface area contributed by atoms with E-state index in [9.17, 15) is 15.3 Å². The molecule has 0 radical (unpaired) electrons. The fraction of sp³-hybridized carbons (Fsp3) is 0.625. The molecule has 1 aliphatic carbocycles. The molecule has 0 heterocycles. The Bertz CT molecular complexity index is 464. The smallest absolute Gasteiger partial charge is 0.123 e. The predicted octanol–water partition coefficient (Wildman–Crippen LogP) is 0.245. The second kappa shape index (κ2) is 7.22. The van der Waals surface area contributed by atoms with Gasteiger partial charge in [0.25, 0.3) is 0 Å². The zero-order valence-electron chi connectivity index (χ0n) is 12.6. The first-order valence-corrected chi connectivity index (χ1v) is 7.48. The highest BCUT2D eigenvalue weighted by Gasteiger charge is 2.27. The van der Waals surface area contributed by atoms with Crippen LogP contribution in [-0.4, -0.2) is 52.8 Å². The molecule has 5 heteroatoms. The summed E-state index contributed by atoms with van der Waals surface area (Å²) >= 11 is 0. The van der Waals surface area contributed by atoms with Gasteiger partial charge < -0.3 is 25.4 Å². The Morgan fingerprint density at radius 2 is 1.95 bits per heavy atom. The summed E-state index contributed by atoms with van der Waals surface area (Å²) in [5.74, 6) is 0.682. The SMILES string of the molecule is CC(C)NCC(O)COc1cccc2c1C[C@@H](O)[C@H](O)C2. The zero-order chi connectivity index (χ0) is 15.4. The molecule has 1 aromatic carbocycles. The second-order valence-corrected chi connectivity index (χ2v) is 5.96. The van der Waals surface area contributed by atoms with Gasteiger partial charge in [0.1, 0.15) is 18.5 Å². The molecule has 0 aromatic heterocycles. The minimum absolute atomic E-state index is 0.203. The van der Waals surface area contributed by atoms with Crippen LogP contribution in [0.2, 0.25) is 0 Å².